The molecule has 0 radical (unpaired) electrons. The Morgan fingerprint density at radius 1 is 1.20 bits per heavy atom. The second-order valence-electron chi connectivity index (χ2n) is 4.71. The topological polar surface area (TPSA) is 128 Å². The van der Waals surface area contributed by atoms with Crippen LogP contribution in [0.2, 0.25) is 0 Å². The summed E-state index contributed by atoms with van der Waals surface area (Å²) in [4.78, 5) is 10.9. The van der Waals surface area contributed by atoms with E-state index in [4.69, 9.17) is 14.6 Å². The molecule has 5 atom stereocenters. The van der Waals surface area contributed by atoms with Crippen LogP contribution in [0.3, 0.4) is 0 Å². The zero-order chi connectivity index (χ0) is 15.1. The first-order valence-corrected chi connectivity index (χ1v) is 6.73. The first-order chi connectivity index (χ1) is 9.49. The standard InChI is InChI=1S/C12H23NO7/c1-2-4-13-5-3-6-19-12-9(16)7(14)8(15)10(20-12)11(17)18/h7-10,12-16H,2-6H2,1H3,(H,17,18). The summed E-state index contributed by atoms with van der Waals surface area (Å²) in [7, 11) is 0. The van der Waals surface area contributed by atoms with Gasteiger partial charge in [0.05, 0.1) is 6.61 Å². The second-order valence-corrected chi connectivity index (χ2v) is 4.71. The number of carboxylic acids is 1. The van der Waals surface area contributed by atoms with Crippen molar-refractivity contribution in [2.75, 3.05) is 19.7 Å². The number of ether oxygens (including phenoxy) is 2. The Balaban J connectivity index is 2.38. The molecule has 0 spiro atoms. The first-order valence-electron chi connectivity index (χ1n) is 6.73. The van der Waals surface area contributed by atoms with Gasteiger partial charge in [0.15, 0.2) is 12.4 Å². The third-order valence-electron chi connectivity index (χ3n) is 3.02. The number of aliphatic carboxylic acids is 1. The van der Waals surface area contributed by atoms with Crippen LogP contribution in [0.5, 0.6) is 0 Å². The molecule has 0 aromatic heterocycles. The quantitative estimate of drug-likeness (QED) is 0.334. The van der Waals surface area contributed by atoms with Gasteiger partial charge >= 0.3 is 5.97 Å². The van der Waals surface area contributed by atoms with E-state index in [0.29, 0.717) is 6.42 Å². The Kier molecular flexibility index (Phi) is 7.35. The van der Waals surface area contributed by atoms with Crippen LogP contribution in [-0.4, -0.2) is 76.8 Å². The van der Waals surface area contributed by atoms with Crippen LogP contribution in [0.25, 0.3) is 0 Å². The van der Waals surface area contributed by atoms with Gasteiger partial charge in [-0.25, -0.2) is 4.79 Å². The van der Waals surface area contributed by atoms with E-state index < -0.39 is 36.7 Å². The molecule has 0 aromatic carbocycles. The molecular formula is C12H23NO7. The highest BCUT2D eigenvalue weighted by Crippen LogP contribution is 2.22. The number of hydrogen-bond donors (Lipinski definition) is 5. The van der Waals surface area contributed by atoms with E-state index in [1.807, 2.05) is 0 Å². The number of aliphatic hydroxyl groups is 3. The molecule has 0 bridgehead atoms. The van der Waals surface area contributed by atoms with Crippen LogP contribution in [-0.2, 0) is 14.3 Å². The summed E-state index contributed by atoms with van der Waals surface area (Å²) in [5.41, 5.74) is 0. The lowest BCUT2D eigenvalue weighted by atomic mass is 9.99. The number of rotatable bonds is 8. The SMILES string of the molecule is CCCNCCCOC1OC(C(=O)O)C(O)C(O)C1O. The maximum atomic E-state index is 10.9. The van der Waals surface area contributed by atoms with Crippen molar-refractivity contribution in [1.82, 2.24) is 5.32 Å². The lowest BCUT2D eigenvalue weighted by Gasteiger charge is -2.38. The maximum absolute atomic E-state index is 10.9. The van der Waals surface area contributed by atoms with Gasteiger partial charge in [-0.3, -0.25) is 0 Å². The van der Waals surface area contributed by atoms with Gasteiger partial charge < -0.3 is 35.2 Å². The molecule has 20 heavy (non-hydrogen) atoms. The van der Waals surface area contributed by atoms with Crippen LogP contribution in [0, 0.1) is 0 Å². The monoisotopic (exact) mass is 293 g/mol. The third kappa shape index (κ3) is 4.65. The van der Waals surface area contributed by atoms with Crippen molar-refractivity contribution in [3.05, 3.63) is 0 Å². The second kappa shape index (κ2) is 8.50. The largest absolute Gasteiger partial charge is 0.479 e. The van der Waals surface area contributed by atoms with Crippen molar-refractivity contribution < 1.29 is 34.7 Å². The minimum absolute atomic E-state index is 0.244. The van der Waals surface area contributed by atoms with Crippen molar-refractivity contribution in [1.29, 1.82) is 0 Å². The fourth-order valence-corrected chi connectivity index (χ4v) is 1.89. The van der Waals surface area contributed by atoms with Gasteiger partial charge in [0.25, 0.3) is 0 Å². The Morgan fingerprint density at radius 2 is 1.90 bits per heavy atom. The van der Waals surface area contributed by atoms with Gasteiger partial charge in [-0.2, -0.15) is 0 Å². The van der Waals surface area contributed by atoms with Gasteiger partial charge in [0.1, 0.15) is 18.3 Å². The van der Waals surface area contributed by atoms with Crippen LogP contribution in [0.4, 0.5) is 0 Å². The van der Waals surface area contributed by atoms with E-state index in [9.17, 15) is 20.1 Å². The number of carboxylic acid groups (broad SMARTS) is 1. The summed E-state index contributed by atoms with van der Waals surface area (Å²) in [6, 6.07) is 0. The van der Waals surface area contributed by atoms with Crippen molar-refractivity contribution in [2.24, 2.45) is 0 Å². The predicted octanol–water partition coefficient (Wildman–Crippen LogP) is -1.72. The molecule has 0 amide bonds. The summed E-state index contributed by atoms with van der Waals surface area (Å²) >= 11 is 0. The fraction of sp³-hybridized carbons (Fsp3) is 0.917. The number of carbonyl (C=O) groups is 1. The highest BCUT2D eigenvalue weighted by atomic mass is 16.7. The van der Waals surface area contributed by atoms with Gasteiger partial charge in [0.2, 0.25) is 0 Å². The molecule has 1 rings (SSSR count). The van der Waals surface area contributed by atoms with Crippen LogP contribution in [0.1, 0.15) is 19.8 Å². The molecule has 0 aromatic rings. The first kappa shape index (κ1) is 17.3. The van der Waals surface area contributed by atoms with Crippen molar-refractivity contribution in [2.45, 2.75) is 50.5 Å². The Bertz CT molecular complexity index is 302. The molecular weight excluding hydrogens is 270 g/mol. The van der Waals surface area contributed by atoms with Gasteiger partial charge in [-0.05, 0) is 25.9 Å². The van der Waals surface area contributed by atoms with E-state index in [-0.39, 0.29) is 6.61 Å². The lowest BCUT2D eigenvalue weighted by Crippen LogP contribution is -2.60. The normalized spacial score (nSPS) is 34.1. The molecule has 1 aliphatic heterocycles. The highest BCUT2D eigenvalue weighted by Gasteiger charge is 2.47. The predicted molar refractivity (Wildman–Crippen MR) is 68.0 cm³/mol. The van der Waals surface area contributed by atoms with E-state index in [1.54, 1.807) is 0 Å². The minimum Gasteiger partial charge on any atom is -0.479 e. The highest BCUT2D eigenvalue weighted by molar-refractivity contribution is 5.73. The van der Waals surface area contributed by atoms with Crippen molar-refractivity contribution in [3.63, 3.8) is 0 Å². The van der Waals surface area contributed by atoms with Crippen LogP contribution < -0.4 is 5.32 Å². The molecule has 1 heterocycles. The van der Waals surface area contributed by atoms with Crippen molar-refractivity contribution in [3.8, 4) is 0 Å². The molecule has 1 aliphatic rings. The number of hydrogen-bond acceptors (Lipinski definition) is 7. The number of nitrogens with one attached hydrogen (secondary N) is 1. The molecule has 0 aliphatic carbocycles. The molecule has 8 heteroatoms. The lowest BCUT2D eigenvalue weighted by molar-refractivity contribution is -0.294. The van der Waals surface area contributed by atoms with Crippen molar-refractivity contribution >= 4 is 5.97 Å². The Hall–Kier alpha value is -0.770. The fourth-order valence-electron chi connectivity index (χ4n) is 1.89. The summed E-state index contributed by atoms with van der Waals surface area (Å²) < 4.78 is 10.2. The Labute approximate surface area is 117 Å². The van der Waals surface area contributed by atoms with E-state index in [1.165, 1.54) is 0 Å². The van der Waals surface area contributed by atoms with Gasteiger partial charge in [0, 0.05) is 0 Å². The number of aliphatic hydroxyl groups excluding tert-OH is 3. The Morgan fingerprint density at radius 3 is 2.50 bits per heavy atom. The zero-order valence-electron chi connectivity index (χ0n) is 11.4. The van der Waals surface area contributed by atoms with Crippen LogP contribution >= 0.6 is 0 Å². The summed E-state index contributed by atoms with van der Waals surface area (Å²) in [5.74, 6) is -1.42. The van der Waals surface area contributed by atoms with E-state index >= 15 is 0 Å². The maximum Gasteiger partial charge on any atom is 0.335 e. The van der Waals surface area contributed by atoms with E-state index in [2.05, 4.69) is 12.2 Å². The molecule has 5 unspecified atom stereocenters. The smallest absolute Gasteiger partial charge is 0.335 e. The molecule has 5 N–H and O–H groups in total. The zero-order valence-corrected chi connectivity index (χ0v) is 11.4. The third-order valence-corrected chi connectivity index (χ3v) is 3.02. The average molecular weight is 293 g/mol. The van der Waals surface area contributed by atoms with Crippen LogP contribution in [0.15, 0.2) is 0 Å². The summed E-state index contributed by atoms with van der Waals surface area (Å²) in [6.45, 7) is 3.92. The molecule has 1 fully saturated rings. The minimum atomic E-state index is -1.69. The summed E-state index contributed by atoms with van der Waals surface area (Å²) in [5, 5.41) is 40.8. The summed E-state index contributed by atoms with van der Waals surface area (Å²) in [6.07, 6.45) is -5.98. The molecule has 8 nitrogen and oxygen atoms in total. The molecule has 0 saturated carbocycles. The average Bonchev–Trinajstić information content (AvgIpc) is 2.42. The van der Waals surface area contributed by atoms with Gasteiger partial charge in [-0.1, -0.05) is 6.92 Å². The molecule has 118 valence electrons. The molecule has 1 saturated heterocycles. The van der Waals surface area contributed by atoms with E-state index in [0.717, 1.165) is 19.5 Å². The van der Waals surface area contributed by atoms with Gasteiger partial charge in [-0.15, -0.1) is 0 Å².